The molecule has 0 aliphatic rings. The van der Waals surface area contributed by atoms with Crippen molar-refractivity contribution in [2.24, 2.45) is 0 Å². The van der Waals surface area contributed by atoms with Crippen LogP contribution in [0.25, 0.3) is 22.8 Å². The van der Waals surface area contributed by atoms with Crippen molar-refractivity contribution in [3.05, 3.63) is 94.5 Å². The Morgan fingerprint density at radius 1 is 0.741 bits per heavy atom. The van der Waals surface area contributed by atoms with E-state index in [-0.39, 0.29) is 0 Å². The number of nitrogens with zero attached hydrogens (tertiary/aromatic N) is 3. The standard InChI is InChI=1S/C21H16Cl2N4/c22-18-12-11-17(19(23)13-18)14-24-27-20(15-7-3-1-4-8-15)25-26-21(27)16-9-5-2-6-10-16/h1-13,24H,14H2. The third-order valence-electron chi connectivity index (χ3n) is 4.17. The fourth-order valence-electron chi connectivity index (χ4n) is 2.81. The Hall–Kier alpha value is -2.82. The van der Waals surface area contributed by atoms with Gasteiger partial charge in [0.25, 0.3) is 0 Å². The van der Waals surface area contributed by atoms with E-state index in [9.17, 15) is 0 Å². The Morgan fingerprint density at radius 2 is 1.30 bits per heavy atom. The molecule has 0 saturated carbocycles. The van der Waals surface area contributed by atoms with Crippen molar-refractivity contribution in [3.63, 3.8) is 0 Å². The van der Waals surface area contributed by atoms with Crippen LogP contribution in [0.4, 0.5) is 0 Å². The first-order valence-electron chi connectivity index (χ1n) is 8.46. The van der Waals surface area contributed by atoms with Crippen molar-refractivity contribution in [3.8, 4) is 22.8 Å². The lowest BCUT2D eigenvalue weighted by atomic mass is 10.2. The molecule has 6 heteroatoms. The van der Waals surface area contributed by atoms with Crippen LogP contribution in [0.2, 0.25) is 10.0 Å². The summed E-state index contributed by atoms with van der Waals surface area (Å²) >= 11 is 12.3. The molecule has 0 saturated heterocycles. The molecule has 0 amide bonds. The largest absolute Gasteiger partial charge is 0.318 e. The Bertz CT molecular complexity index is 989. The number of hydrogen-bond acceptors (Lipinski definition) is 3. The van der Waals surface area contributed by atoms with Crippen LogP contribution in [0.3, 0.4) is 0 Å². The van der Waals surface area contributed by atoms with Crippen molar-refractivity contribution in [1.82, 2.24) is 14.9 Å². The van der Waals surface area contributed by atoms with Gasteiger partial charge in [-0.15, -0.1) is 10.2 Å². The third kappa shape index (κ3) is 3.82. The maximum absolute atomic E-state index is 6.32. The van der Waals surface area contributed by atoms with Gasteiger partial charge in [0.15, 0.2) is 11.6 Å². The van der Waals surface area contributed by atoms with Gasteiger partial charge in [0.2, 0.25) is 0 Å². The zero-order valence-electron chi connectivity index (χ0n) is 14.3. The maximum Gasteiger partial charge on any atom is 0.182 e. The molecule has 1 heterocycles. The second-order valence-corrected chi connectivity index (χ2v) is 6.83. The molecule has 0 aliphatic heterocycles. The molecule has 4 nitrogen and oxygen atoms in total. The summed E-state index contributed by atoms with van der Waals surface area (Å²) in [5.41, 5.74) is 6.29. The fourth-order valence-corrected chi connectivity index (χ4v) is 3.29. The molecular weight excluding hydrogens is 379 g/mol. The van der Waals surface area contributed by atoms with Crippen molar-refractivity contribution >= 4 is 23.2 Å². The minimum atomic E-state index is 0.508. The van der Waals surface area contributed by atoms with E-state index in [1.807, 2.05) is 77.5 Å². The van der Waals surface area contributed by atoms with Crippen LogP contribution < -0.4 is 5.43 Å². The molecule has 0 atom stereocenters. The van der Waals surface area contributed by atoms with Crippen LogP contribution in [0, 0.1) is 0 Å². The van der Waals surface area contributed by atoms with Crippen molar-refractivity contribution < 1.29 is 0 Å². The average Bonchev–Trinajstić information content (AvgIpc) is 3.12. The smallest absolute Gasteiger partial charge is 0.182 e. The molecule has 0 spiro atoms. The normalized spacial score (nSPS) is 10.7. The van der Waals surface area contributed by atoms with Gasteiger partial charge in [-0.05, 0) is 17.7 Å². The van der Waals surface area contributed by atoms with Gasteiger partial charge < -0.3 is 5.43 Å². The number of hydrogen-bond donors (Lipinski definition) is 1. The van der Waals surface area contributed by atoms with E-state index in [0.717, 1.165) is 28.3 Å². The van der Waals surface area contributed by atoms with Gasteiger partial charge in [0.1, 0.15) is 0 Å². The topological polar surface area (TPSA) is 42.7 Å². The number of benzene rings is 3. The van der Waals surface area contributed by atoms with Gasteiger partial charge >= 0.3 is 0 Å². The number of rotatable bonds is 5. The molecule has 4 aromatic rings. The number of nitrogens with one attached hydrogen (secondary N) is 1. The summed E-state index contributed by atoms with van der Waals surface area (Å²) in [6.07, 6.45) is 0. The van der Waals surface area contributed by atoms with Crippen LogP contribution >= 0.6 is 23.2 Å². The first-order chi connectivity index (χ1) is 13.2. The second-order valence-electron chi connectivity index (χ2n) is 5.99. The summed E-state index contributed by atoms with van der Waals surface area (Å²) in [5, 5.41) is 10.0. The molecule has 0 aliphatic carbocycles. The molecule has 0 radical (unpaired) electrons. The highest BCUT2D eigenvalue weighted by molar-refractivity contribution is 6.35. The van der Waals surface area contributed by atoms with E-state index in [1.165, 1.54) is 0 Å². The molecule has 1 aromatic heterocycles. The molecule has 134 valence electrons. The van der Waals surface area contributed by atoms with Gasteiger partial charge in [0, 0.05) is 21.2 Å². The number of halogens is 2. The van der Waals surface area contributed by atoms with E-state index in [0.29, 0.717) is 16.6 Å². The maximum atomic E-state index is 6.32. The summed E-state index contributed by atoms with van der Waals surface area (Å²) in [6.45, 7) is 0.508. The molecule has 0 fully saturated rings. The first kappa shape index (κ1) is 17.6. The zero-order chi connectivity index (χ0) is 18.6. The molecule has 1 N–H and O–H groups in total. The van der Waals surface area contributed by atoms with Crippen LogP contribution in [-0.4, -0.2) is 14.9 Å². The molecule has 3 aromatic carbocycles. The zero-order valence-corrected chi connectivity index (χ0v) is 15.8. The number of aromatic nitrogens is 3. The molecule has 0 unspecified atom stereocenters. The average molecular weight is 395 g/mol. The lowest BCUT2D eigenvalue weighted by Gasteiger charge is -2.14. The summed E-state index contributed by atoms with van der Waals surface area (Å²) in [7, 11) is 0. The molecule has 0 bridgehead atoms. The Labute approximate surface area is 167 Å². The minimum absolute atomic E-state index is 0.508. The predicted molar refractivity (Wildman–Crippen MR) is 110 cm³/mol. The Morgan fingerprint density at radius 3 is 1.81 bits per heavy atom. The van der Waals surface area contributed by atoms with Crippen molar-refractivity contribution in [2.45, 2.75) is 6.54 Å². The summed E-state index contributed by atoms with van der Waals surface area (Å²) in [5.74, 6) is 1.47. The quantitative estimate of drug-likeness (QED) is 0.474. The van der Waals surface area contributed by atoms with Crippen LogP contribution in [0.5, 0.6) is 0 Å². The van der Waals surface area contributed by atoms with E-state index < -0.39 is 0 Å². The van der Waals surface area contributed by atoms with E-state index >= 15 is 0 Å². The summed E-state index contributed by atoms with van der Waals surface area (Å²) in [4.78, 5) is 0. The highest BCUT2D eigenvalue weighted by atomic mass is 35.5. The first-order valence-corrected chi connectivity index (χ1v) is 9.22. The Kier molecular flexibility index (Phi) is 5.10. The van der Waals surface area contributed by atoms with Gasteiger partial charge in [0.05, 0.1) is 6.54 Å². The van der Waals surface area contributed by atoms with E-state index in [4.69, 9.17) is 23.2 Å². The molecule has 27 heavy (non-hydrogen) atoms. The lowest BCUT2D eigenvalue weighted by Crippen LogP contribution is -2.17. The molecular formula is C21H16Cl2N4. The van der Waals surface area contributed by atoms with E-state index in [1.54, 1.807) is 6.07 Å². The predicted octanol–water partition coefficient (Wildman–Crippen LogP) is 5.66. The van der Waals surface area contributed by atoms with Crippen molar-refractivity contribution in [2.75, 3.05) is 5.43 Å². The van der Waals surface area contributed by atoms with Crippen LogP contribution in [0.1, 0.15) is 5.56 Å². The van der Waals surface area contributed by atoms with Gasteiger partial charge in [-0.25, -0.2) is 4.68 Å². The lowest BCUT2D eigenvalue weighted by molar-refractivity contribution is 0.851. The van der Waals surface area contributed by atoms with Crippen LogP contribution in [-0.2, 0) is 6.54 Å². The van der Waals surface area contributed by atoms with Crippen molar-refractivity contribution in [1.29, 1.82) is 0 Å². The van der Waals surface area contributed by atoms with Gasteiger partial charge in [-0.3, -0.25) is 0 Å². The minimum Gasteiger partial charge on any atom is -0.318 e. The fraction of sp³-hybridized carbons (Fsp3) is 0.0476. The van der Waals surface area contributed by atoms with E-state index in [2.05, 4.69) is 15.6 Å². The second kappa shape index (κ2) is 7.82. The molecule has 4 rings (SSSR count). The summed E-state index contributed by atoms with van der Waals surface area (Å²) in [6, 6.07) is 25.4. The highest BCUT2D eigenvalue weighted by Gasteiger charge is 2.15. The monoisotopic (exact) mass is 394 g/mol. The third-order valence-corrected chi connectivity index (χ3v) is 4.76. The van der Waals surface area contributed by atoms with Crippen LogP contribution in [0.15, 0.2) is 78.9 Å². The SMILES string of the molecule is Clc1ccc(CNn2c(-c3ccccc3)nnc2-c2ccccc2)c(Cl)c1. The highest BCUT2D eigenvalue weighted by Crippen LogP contribution is 2.25. The summed E-state index contributed by atoms with van der Waals surface area (Å²) < 4.78 is 1.90. The van der Waals surface area contributed by atoms with Gasteiger partial charge in [-0.2, -0.15) is 0 Å². The Balaban J connectivity index is 1.73. The van der Waals surface area contributed by atoms with Gasteiger partial charge in [-0.1, -0.05) is 89.9 Å².